The molecule has 1 heterocycles. The molecule has 1 aliphatic rings. The number of hydrogen-bond donors (Lipinski definition) is 1. The van der Waals surface area contributed by atoms with Crippen LogP contribution in [0.3, 0.4) is 0 Å². The van der Waals surface area contributed by atoms with Gasteiger partial charge in [-0.05, 0) is 51.7 Å². The molecule has 1 aromatic carbocycles. The zero-order valence-corrected chi connectivity index (χ0v) is 14.2. The van der Waals surface area contributed by atoms with Crippen molar-refractivity contribution >= 4 is 11.6 Å². The van der Waals surface area contributed by atoms with Crippen molar-refractivity contribution in [3.8, 4) is 5.75 Å². The summed E-state index contributed by atoms with van der Waals surface area (Å²) < 4.78 is 20.9. The Balaban J connectivity index is 1.74. The van der Waals surface area contributed by atoms with Gasteiger partial charge < -0.3 is 10.1 Å². The van der Waals surface area contributed by atoms with Gasteiger partial charge in [0.25, 0.3) is 5.91 Å². The lowest BCUT2D eigenvalue weighted by atomic mass is 10.1. The molecule has 128 valence electrons. The Kier molecular flexibility index (Phi) is 4.30. The number of aromatic nitrogens is 2. The first-order valence-corrected chi connectivity index (χ1v) is 8.12. The number of carbonyl (C=O) groups is 1. The first kappa shape index (κ1) is 16.5. The highest BCUT2D eigenvalue weighted by atomic mass is 19.1. The van der Waals surface area contributed by atoms with Crippen molar-refractivity contribution in [1.29, 1.82) is 0 Å². The minimum atomic E-state index is -0.389. The van der Waals surface area contributed by atoms with Gasteiger partial charge in [0, 0.05) is 12.3 Å². The summed E-state index contributed by atoms with van der Waals surface area (Å²) in [6, 6.07) is 4.12. The fourth-order valence-electron chi connectivity index (χ4n) is 2.21. The lowest BCUT2D eigenvalue weighted by Gasteiger charge is -2.18. The van der Waals surface area contributed by atoms with Crippen LogP contribution in [-0.2, 0) is 5.54 Å². The second-order valence-electron chi connectivity index (χ2n) is 7.19. The van der Waals surface area contributed by atoms with E-state index in [1.807, 2.05) is 20.8 Å². The highest BCUT2D eigenvalue weighted by molar-refractivity contribution is 6.04. The van der Waals surface area contributed by atoms with E-state index in [4.69, 9.17) is 4.74 Å². The van der Waals surface area contributed by atoms with Gasteiger partial charge in [0.1, 0.15) is 11.6 Å². The Morgan fingerprint density at radius 1 is 1.42 bits per heavy atom. The molecule has 1 saturated carbocycles. The van der Waals surface area contributed by atoms with Crippen LogP contribution >= 0.6 is 0 Å². The Bertz CT molecular complexity index is 745. The van der Waals surface area contributed by atoms with Crippen molar-refractivity contribution in [1.82, 2.24) is 9.78 Å². The zero-order chi connectivity index (χ0) is 17.3. The van der Waals surface area contributed by atoms with Gasteiger partial charge in [0.05, 0.1) is 29.6 Å². The summed E-state index contributed by atoms with van der Waals surface area (Å²) in [7, 11) is 0. The van der Waals surface area contributed by atoms with Gasteiger partial charge >= 0.3 is 0 Å². The van der Waals surface area contributed by atoms with Crippen molar-refractivity contribution in [2.75, 3.05) is 11.9 Å². The average molecular weight is 331 g/mol. The van der Waals surface area contributed by atoms with Gasteiger partial charge in [-0.1, -0.05) is 0 Å². The summed E-state index contributed by atoms with van der Waals surface area (Å²) in [5, 5.41) is 7.00. The van der Waals surface area contributed by atoms with Crippen LogP contribution in [0.5, 0.6) is 5.75 Å². The van der Waals surface area contributed by atoms with Gasteiger partial charge in [0.15, 0.2) is 0 Å². The number of carbonyl (C=O) groups excluding carboxylic acids is 1. The normalized spacial score (nSPS) is 14.5. The van der Waals surface area contributed by atoms with Crippen molar-refractivity contribution in [3.05, 3.63) is 42.0 Å². The van der Waals surface area contributed by atoms with Gasteiger partial charge in [-0.3, -0.25) is 9.48 Å². The van der Waals surface area contributed by atoms with E-state index >= 15 is 0 Å². The maximum Gasteiger partial charge on any atom is 0.258 e. The molecular weight excluding hydrogens is 309 g/mol. The summed E-state index contributed by atoms with van der Waals surface area (Å²) in [6.07, 6.45) is 5.50. The van der Waals surface area contributed by atoms with Gasteiger partial charge in [-0.2, -0.15) is 5.10 Å². The van der Waals surface area contributed by atoms with E-state index in [0.717, 1.165) is 12.8 Å². The van der Waals surface area contributed by atoms with Crippen molar-refractivity contribution in [2.24, 2.45) is 5.92 Å². The number of rotatable bonds is 5. The molecule has 0 aliphatic heterocycles. The molecule has 3 rings (SSSR count). The topological polar surface area (TPSA) is 56.2 Å². The first-order chi connectivity index (χ1) is 11.3. The summed E-state index contributed by atoms with van der Waals surface area (Å²) in [5.41, 5.74) is 0.709. The SMILES string of the molecule is CC(C)(C)n1cc(C(=O)Nc2ccc(F)cc2OCC2CC2)cn1. The number of amides is 1. The van der Waals surface area contributed by atoms with E-state index in [1.165, 1.54) is 24.4 Å². The summed E-state index contributed by atoms with van der Waals surface area (Å²) in [4.78, 5) is 12.4. The predicted molar refractivity (Wildman–Crippen MR) is 89.8 cm³/mol. The first-order valence-electron chi connectivity index (χ1n) is 8.12. The highest BCUT2D eigenvalue weighted by Crippen LogP contribution is 2.32. The van der Waals surface area contributed by atoms with Crippen LogP contribution < -0.4 is 10.1 Å². The predicted octanol–water partition coefficient (Wildman–Crippen LogP) is 3.82. The van der Waals surface area contributed by atoms with Crippen LogP contribution in [-0.4, -0.2) is 22.3 Å². The molecule has 0 spiro atoms. The lowest BCUT2D eigenvalue weighted by Crippen LogP contribution is -2.22. The third kappa shape index (κ3) is 3.93. The minimum Gasteiger partial charge on any atom is -0.491 e. The second-order valence-corrected chi connectivity index (χ2v) is 7.19. The fraction of sp³-hybridized carbons (Fsp3) is 0.444. The van der Waals surface area contributed by atoms with Crippen molar-refractivity contribution < 1.29 is 13.9 Å². The van der Waals surface area contributed by atoms with E-state index in [-0.39, 0.29) is 17.3 Å². The molecule has 0 atom stereocenters. The molecule has 1 aliphatic carbocycles. The van der Waals surface area contributed by atoms with E-state index < -0.39 is 0 Å². The minimum absolute atomic E-state index is 0.201. The van der Waals surface area contributed by atoms with E-state index in [0.29, 0.717) is 29.5 Å². The van der Waals surface area contributed by atoms with Crippen LogP contribution in [0.4, 0.5) is 10.1 Å². The third-order valence-corrected chi connectivity index (χ3v) is 3.90. The average Bonchev–Trinajstić information content (AvgIpc) is 3.19. The molecule has 1 amide bonds. The number of benzene rings is 1. The molecule has 24 heavy (non-hydrogen) atoms. The molecule has 1 fully saturated rings. The van der Waals surface area contributed by atoms with E-state index in [2.05, 4.69) is 10.4 Å². The van der Waals surface area contributed by atoms with Gasteiger partial charge in [-0.15, -0.1) is 0 Å². The smallest absolute Gasteiger partial charge is 0.258 e. The van der Waals surface area contributed by atoms with Gasteiger partial charge in [-0.25, -0.2) is 4.39 Å². The second kappa shape index (κ2) is 6.26. The number of anilines is 1. The molecule has 5 nitrogen and oxygen atoms in total. The maximum absolute atomic E-state index is 13.5. The molecule has 1 aromatic heterocycles. The number of nitrogens with zero attached hydrogens (tertiary/aromatic N) is 2. The molecule has 0 saturated heterocycles. The summed E-state index contributed by atoms with van der Waals surface area (Å²) in [5.74, 6) is 0.216. The summed E-state index contributed by atoms with van der Waals surface area (Å²) in [6.45, 7) is 6.57. The Morgan fingerprint density at radius 2 is 2.17 bits per heavy atom. The molecule has 6 heteroatoms. The van der Waals surface area contributed by atoms with Crippen LogP contribution in [0.15, 0.2) is 30.6 Å². The monoisotopic (exact) mass is 331 g/mol. The Morgan fingerprint density at radius 3 is 2.79 bits per heavy atom. The number of nitrogens with one attached hydrogen (secondary N) is 1. The van der Waals surface area contributed by atoms with Crippen LogP contribution in [0.25, 0.3) is 0 Å². The molecule has 0 bridgehead atoms. The molecule has 1 N–H and O–H groups in total. The maximum atomic E-state index is 13.5. The largest absolute Gasteiger partial charge is 0.491 e. The van der Waals surface area contributed by atoms with Crippen LogP contribution in [0, 0.1) is 11.7 Å². The Labute approximate surface area is 140 Å². The van der Waals surface area contributed by atoms with Crippen LogP contribution in [0.1, 0.15) is 44.0 Å². The number of halogens is 1. The zero-order valence-electron chi connectivity index (χ0n) is 14.2. The Hall–Kier alpha value is -2.37. The molecule has 0 radical (unpaired) electrons. The quantitative estimate of drug-likeness (QED) is 0.906. The van der Waals surface area contributed by atoms with Crippen LogP contribution in [0.2, 0.25) is 0 Å². The molecule has 0 unspecified atom stereocenters. The lowest BCUT2D eigenvalue weighted by molar-refractivity contribution is 0.102. The third-order valence-electron chi connectivity index (χ3n) is 3.90. The van der Waals surface area contributed by atoms with Gasteiger partial charge in [0.2, 0.25) is 0 Å². The summed E-state index contributed by atoms with van der Waals surface area (Å²) >= 11 is 0. The molecule has 2 aromatic rings. The fourth-order valence-corrected chi connectivity index (χ4v) is 2.21. The number of hydrogen-bond acceptors (Lipinski definition) is 3. The van der Waals surface area contributed by atoms with Crippen molar-refractivity contribution in [2.45, 2.75) is 39.2 Å². The number of ether oxygens (including phenoxy) is 1. The van der Waals surface area contributed by atoms with E-state index in [1.54, 1.807) is 10.9 Å². The highest BCUT2D eigenvalue weighted by Gasteiger charge is 2.23. The van der Waals surface area contributed by atoms with Crippen molar-refractivity contribution in [3.63, 3.8) is 0 Å². The molecular formula is C18H22FN3O2. The standard InChI is InChI=1S/C18H22FN3O2/c1-18(2,3)22-10-13(9-20-22)17(23)21-15-7-6-14(19)8-16(15)24-11-12-4-5-12/h6-10,12H,4-5,11H2,1-3H3,(H,21,23). The van der Waals surface area contributed by atoms with E-state index in [9.17, 15) is 9.18 Å².